The number of nitrogens with zero attached hydrogens (tertiary/aromatic N) is 3. The number of likely N-dealkylation sites (tertiary alicyclic amines) is 1. The predicted octanol–water partition coefficient (Wildman–Crippen LogP) is 1.29. The average molecular weight is 261 g/mol. The SMILES string of the molecule is CN1CCCC2CN(c3ccnc(NN)c3)CCC21. The first kappa shape index (κ1) is 12.7. The number of hydrogen-bond donors (Lipinski definition) is 2. The van der Waals surface area contributed by atoms with E-state index in [2.05, 4.69) is 33.3 Å². The van der Waals surface area contributed by atoms with Crippen LogP contribution in [0.25, 0.3) is 0 Å². The number of nitrogens with one attached hydrogen (secondary N) is 1. The monoisotopic (exact) mass is 261 g/mol. The van der Waals surface area contributed by atoms with Crippen LogP contribution in [0.1, 0.15) is 19.3 Å². The first-order chi connectivity index (χ1) is 9.28. The Morgan fingerprint density at radius 1 is 1.37 bits per heavy atom. The third kappa shape index (κ3) is 2.53. The van der Waals surface area contributed by atoms with Crippen LogP contribution in [-0.2, 0) is 0 Å². The number of hydrazine groups is 1. The number of nitrogens with two attached hydrogens (primary N) is 1. The van der Waals surface area contributed by atoms with E-state index in [9.17, 15) is 0 Å². The summed E-state index contributed by atoms with van der Waals surface area (Å²) < 4.78 is 0. The Hall–Kier alpha value is -1.33. The smallest absolute Gasteiger partial charge is 0.141 e. The Morgan fingerprint density at radius 2 is 2.26 bits per heavy atom. The lowest BCUT2D eigenvalue weighted by Crippen LogP contribution is -2.52. The van der Waals surface area contributed by atoms with Crippen molar-refractivity contribution in [2.24, 2.45) is 11.8 Å². The third-order valence-electron chi connectivity index (χ3n) is 4.60. The zero-order chi connectivity index (χ0) is 13.2. The van der Waals surface area contributed by atoms with Gasteiger partial charge in [0, 0.05) is 37.1 Å². The van der Waals surface area contributed by atoms with Crippen LogP contribution < -0.4 is 16.2 Å². The molecule has 2 aliphatic heterocycles. The number of rotatable bonds is 2. The van der Waals surface area contributed by atoms with E-state index in [0.29, 0.717) is 0 Å². The molecule has 2 aliphatic rings. The van der Waals surface area contributed by atoms with Crippen LogP contribution >= 0.6 is 0 Å². The molecule has 0 aromatic carbocycles. The minimum atomic E-state index is 0.736. The number of fused-ring (bicyclic) bond motifs is 1. The molecule has 1 aromatic rings. The molecule has 3 N–H and O–H groups in total. The van der Waals surface area contributed by atoms with Crippen LogP contribution in [0.2, 0.25) is 0 Å². The fraction of sp³-hybridized carbons (Fsp3) is 0.643. The van der Waals surface area contributed by atoms with Gasteiger partial charge in [-0.15, -0.1) is 0 Å². The maximum absolute atomic E-state index is 5.43. The number of pyridine rings is 1. The summed E-state index contributed by atoms with van der Waals surface area (Å²) in [6.45, 7) is 3.54. The highest BCUT2D eigenvalue weighted by molar-refractivity contribution is 5.53. The van der Waals surface area contributed by atoms with Crippen molar-refractivity contribution in [3.05, 3.63) is 18.3 Å². The van der Waals surface area contributed by atoms with Gasteiger partial charge in [-0.3, -0.25) is 0 Å². The molecule has 104 valence electrons. The minimum Gasteiger partial charge on any atom is -0.371 e. The minimum absolute atomic E-state index is 0.736. The summed E-state index contributed by atoms with van der Waals surface area (Å²) in [5.41, 5.74) is 3.85. The van der Waals surface area contributed by atoms with Gasteiger partial charge in [-0.05, 0) is 44.8 Å². The summed E-state index contributed by atoms with van der Waals surface area (Å²) in [5.74, 6) is 6.97. The Bertz CT molecular complexity index is 436. The molecular weight excluding hydrogens is 238 g/mol. The lowest BCUT2D eigenvalue weighted by Gasteiger charge is -2.46. The van der Waals surface area contributed by atoms with Crippen LogP contribution in [0, 0.1) is 5.92 Å². The Labute approximate surface area is 114 Å². The summed E-state index contributed by atoms with van der Waals surface area (Å²) in [6.07, 6.45) is 5.77. The van der Waals surface area contributed by atoms with Gasteiger partial charge in [-0.2, -0.15) is 0 Å². The van der Waals surface area contributed by atoms with E-state index in [1.165, 1.54) is 31.5 Å². The van der Waals surface area contributed by atoms with Crippen LogP contribution in [0.15, 0.2) is 18.3 Å². The van der Waals surface area contributed by atoms with E-state index in [0.717, 1.165) is 30.9 Å². The summed E-state index contributed by atoms with van der Waals surface area (Å²) in [4.78, 5) is 9.20. The van der Waals surface area contributed by atoms with E-state index in [1.54, 1.807) is 0 Å². The maximum atomic E-state index is 5.43. The van der Waals surface area contributed by atoms with Gasteiger partial charge in [0.1, 0.15) is 5.82 Å². The second-order valence-electron chi connectivity index (χ2n) is 5.73. The van der Waals surface area contributed by atoms with Gasteiger partial charge in [0.15, 0.2) is 0 Å². The van der Waals surface area contributed by atoms with Gasteiger partial charge in [-0.1, -0.05) is 0 Å². The van der Waals surface area contributed by atoms with Crippen LogP contribution in [0.3, 0.4) is 0 Å². The lowest BCUT2D eigenvalue weighted by atomic mass is 9.84. The van der Waals surface area contributed by atoms with E-state index in [4.69, 9.17) is 5.84 Å². The van der Waals surface area contributed by atoms with Gasteiger partial charge in [0.2, 0.25) is 0 Å². The number of piperidine rings is 2. The summed E-state index contributed by atoms with van der Waals surface area (Å²) in [5, 5.41) is 0. The van der Waals surface area contributed by atoms with Gasteiger partial charge in [0.25, 0.3) is 0 Å². The molecule has 3 heterocycles. The Morgan fingerprint density at radius 3 is 3.11 bits per heavy atom. The Kier molecular flexibility index (Phi) is 3.57. The van der Waals surface area contributed by atoms with Gasteiger partial charge >= 0.3 is 0 Å². The standard InChI is InChI=1S/C14H23N5/c1-18-7-2-3-11-10-19(8-5-13(11)18)12-4-6-16-14(9-12)17-15/h4,6,9,11,13H,2-3,5,7-8,10,15H2,1H3,(H,16,17). The second-order valence-corrected chi connectivity index (χ2v) is 5.73. The molecule has 3 rings (SSSR count). The van der Waals surface area contributed by atoms with Crippen molar-refractivity contribution in [3.8, 4) is 0 Å². The normalized spacial score (nSPS) is 28.0. The molecule has 5 nitrogen and oxygen atoms in total. The molecule has 0 saturated carbocycles. The molecule has 2 unspecified atom stereocenters. The summed E-state index contributed by atoms with van der Waals surface area (Å²) >= 11 is 0. The summed E-state index contributed by atoms with van der Waals surface area (Å²) in [7, 11) is 2.27. The number of anilines is 2. The van der Waals surface area contributed by atoms with E-state index in [-0.39, 0.29) is 0 Å². The lowest BCUT2D eigenvalue weighted by molar-refractivity contribution is 0.102. The number of hydrogen-bond acceptors (Lipinski definition) is 5. The zero-order valence-corrected chi connectivity index (χ0v) is 11.5. The molecule has 2 atom stereocenters. The highest BCUT2D eigenvalue weighted by Crippen LogP contribution is 2.32. The maximum Gasteiger partial charge on any atom is 0.141 e. The van der Waals surface area contributed by atoms with Crippen LogP contribution in [0.4, 0.5) is 11.5 Å². The molecule has 0 aliphatic carbocycles. The van der Waals surface area contributed by atoms with Crippen molar-refractivity contribution >= 4 is 11.5 Å². The van der Waals surface area contributed by atoms with E-state index in [1.807, 2.05) is 12.3 Å². The molecule has 2 fully saturated rings. The topological polar surface area (TPSA) is 57.4 Å². The molecule has 2 saturated heterocycles. The molecule has 5 heteroatoms. The number of aromatic nitrogens is 1. The highest BCUT2D eigenvalue weighted by Gasteiger charge is 2.34. The zero-order valence-electron chi connectivity index (χ0n) is 11.5. The van der Waals surface area contributed by atoms with Crippen LogP contribution in [-0.4, -0.2) is 42.6 Å². The fourth-order valence-electron chi connectivity index (χ4n) is 3.58. The van der Waals surface area contributed by atoms with Crippen molar-refractivity contribution in [1.82, 2.24) is 9.88 Å². The van der Waals surface area contributed by atoms with Gasteiger partial charge < -0.3 is 15.2 Å². The van der Waals surface area contributed by atoms with Crippen molar-refractivity contribution in [3.63, 3.8) is 0 Å². The van der Waals surface area contributed by atoms with Crippen molar-refractivity contribution in [2.75, 3.05) is 37.0 Å². The molecule has 0 bridgehead atoms. The molecule has 0 amide bonds. The van der Waals surface area contributed by atoms with E-state index < -0.39 is 0 Å². The van der Waals surface area contributed by atoms with Crippen molar-refractivity contribution in [2.45, 2.75) is 25.3 Å². The van der Waals surface area contributed by atoms with Gasteiger partial charge in [0.05, 0.1) is 0 Å². The molecule has 0 radical (unpaired) electrons. The van der Waals surface area contributed by atoms with Crippen molar-refractivity contribution < 1.29 is 0 Å². The van der Waals surface area contributed by atoms with Crippen LogP contribution in [0.5, 0.6) is 0 Å². The quantitative estimate of drug-likeness (QED) is 0.620. The first-order valence-corrected chi connectivity index (χ1v) is 7.16. The van der Waals surface area contributed by atoms with Crippen molar-refractivity contribution in [1.29, 1.82) is 0 Å². The first-order valence-electron chi connectivity index (χ1n) is 7.16. The molecule has 1 aromatic heterocycles. The third-order valence-corrected chi connectivity index (χ3v) is 4.60. The average Bonchev–Trinajstić information content (AvgIpc) is 2.47. The van der Waals surface area contributed by atoms with Gasteiger partial charge in [-0.25, -0.2) is 10.8 Å². The fourth-order valence-corrected chi connectivity index (χ4v) is 3.58. The largest absolute Gasteiger partial charge is 0.371 e. The Balaban J connectivity index is 1.73. The second kappa shape index (κ2) is 5.35. The molecule has 19 heavy (non-hydrogen) atoms. The molecular formula is C14H23N5. The van der Waals surface area contributed by atoms with E-state index >= 15 is 0 Å². The predicted molar refractivity (Wildman–Crippen MR) is 78.0 cm³/mol. The number of nitrogen functional groups attached to an aromatic ring is 1. The molecule has 0 spiro atoms. The summed E-state index contributed by atoms with van der Waals surface area (Å²) in [6, 6.07) is 4.89. The highest BCUT2D eigenvalue weighted by atomic mass is 15.3.